The summed E-state index contributed by atoms with van der Waals surface area (Å²) in [4.78, 5) is 21.7. The number of hydrogen-bond acceptors (Lipinski definition) is 4. The third kappa shape index (κ3) is 7.04. The second-order valence-corrected chi connectivity index (χ2v) is 9.12. The zero-order chi connectivity index (χ0) is 20.0. The number of hydrogen-bond donors (Lipinski definition) is 1. The van der Waals surface area contributed by atoms with E-state index in [4.69, 9.17) is 9.73 Å². The Kier molecular flexibility index (Phi) is 10.5. The Morgan fingerprint density at radius 2 is 1.75 bits per heavy atom. The molecular formula is C21H41IN4O2. The number of aliphatic imine (C=N–C) groups is 1. The van der Waals surface area contributed by atoms with Crippen molar-refractivity contribution in [2.75, 3.05) is 46.4 Å². The molecule has 7 heteroatoms. The van der Waals surface area contributed by atoms with Gasteiger partial charge in [-0.2, -0.15) is 0 Å². The average molecular weight is 508 g/mol. The maximum atomic E-state index is 11.8. The lowest BCUT2D eigenvalue weighted by Crippen LogP contribution is -2.53. The van der Waals surface area contributed by atoms with Crippen LogP contribution in [0.2, 0.25) is 0 Å². The minimum absolute atomic E-state index is 0. The number of nitrogens with one attached hydrogen (secondary N) is 1. The summed E-state index contributed by atoms with van der Waals surface area (Å²) in [5.74, 6) is 2.44. The lowest BCUT2D eigenvalue weighted by molar-refractivity contribution is -0.146. The zero-order valence-electron chi connectivity index (χ0n) is 18.7. The van der Waals surface area contributed by atoms with Crippen LogP contribution in [0.5, 0.6) is 0 Å². The number of piperidine rings is 2. The molecule has 0 saturated carbocycles. The molecule has 2 fully saturated rings. The predicted octanol–water partition coefficient (Wildman–Crippen LogP) is 3.21. The maximum absolute atomic E-state index is 11.8. The molecule has 2 heterocycles. The number of rotatable bonds is 5. The first-order valence-corrected chi connectivity index (χ1v) is 10.6. The highest BCUT2D eigenvalue weighted by atomic mass is 127. The van der Waals surface area contributed by atoms with Crippen molar-refractivity contribution in [3.8, 4) is 0 Å². The van der Waals surface area contributed by atoms with Gasteiger partial charge < -0.3 is 15.0 Å². The van der Waals surface area contributed by atoms with Crippen LogP contribution in [-0.4, -0.2) is 73.6 Å². The fourth-order valence-electron chi connectivity index (χ4n) is 4.45. The molecule has 28 heavy (non-hydrogen) atoms. The van der Waals surface area contributed by atoms with Crippen LogP contribution in [0.15, 0.2) is 4.99 Å². The molecule has 0 amide bonds. The van der Waals surface area contributed by atoms with Crippen LogP contribution in [0.1, 0.15) is 53.9 Å². The molecule has 164 valence electrons. The standard InChI is InChI=1S/C21H40N4O2.HI/c1-7-22-20(24-10-8-18(9-11-24)19(26)27-6)23-15-21(4,5)25-13-16(2)12-17(3)14-25;/h16-18H,7-15H2,1-6H3,(H,22,23);1H. The van der Waals surface area contributed by atoms with Gasteiger partial charge in [-0.15, -0.1) is 24.0 Å². The van der Waals surface area contributed by atoms with Crippen molar-refractivity contribution < 1.29 is 9.53 Å². The number of likely N-dealkylation sites (tertiary alicyclic amines) is 2. The van der Waals surface area contributed by atoms with Gasteiger partial charge in [0.15, 0.2) is 5.96 Å². The van der Waals surface area contributed by atoms with Crippen molar-refractivity contribution in [3.05, 3.63) is 0 Å². The number of ether oxygens (including phenoxy) is 1. The van der Waals surface area contributed by atoms with Crippen molar-refractivity contribution >= 4 is 35.9 Å². The molecule has 1 N–H and O–H groups in total. The van der Waals surface area contributed by atoms with E-state index in [9.17, 15) is 4.79 Å². The van der Waals surface area contributed by atoms with Crippen LogP contribution in [0, 0.1) is 17.8 Å². The van der Waals surface area contributed by atoms with E-state index >= 15 is 0 Å². The van der Waals surface area contributed by atoms with Gasteiger partial charge in [-0.3, -0.25) is 14.7 Å². The SMILES string of the molecule is CCNC(=NCC(C)(C)N1CC(C)CC(C)C1)N1CCC(C(=O)OC)CC1.I. The topological polar surface area (TPSA) is 57.2 Å². The average Bonchev–Trinajstić information content (AvgIpc) is 2.64. The quantitative estimate of drug-likeness (QED) is 0.268. The first kappa shape index (κ1) is 25.5. The van der Waals surface area contributed by atoms with Gasteiger partial charge in [0.05, 0.1) is 19.6 Å². The molecule has 0 aromatic heterocycles. The number of carbonyl (C=O) groups excluding carboxylic acids is 1. The molecule has 2 rings (SSSR count). The summed E-state index contributed by atoms with van der Waals surface area (Å²) in [7, 11) is 1.48. The molecular weight excluding hydrogens is 467 g/mol. The number of nitrogens with zero attached hydrogens (tertiary/aromatic N) is 3. The molecule has 0 spiro atoms. The van der Waals surface area contributed by atoms with Crippen molar-refractivity contribution in [2.45, 2.75) is 59.4 Å². The van der Waals surface area contributed by atoms with Gasteiger partial charge in [-0.25, -0.2) is 0 Å². The Morgan fingerprint density at radius 1 is 1.18 bits per heavy atom. The van der Waals surface area contributed by atoms with Gasteiger partial charge in [0.25, 0.3) is 0 Å². The third-order valence-corrected chi connectivity index (χ3v) is 6.00. The van der Waals surface area contributed by atoms with Gasteiger partial charge in [0.1, 0.15) is 0 Å². The van der Waals surface area contributed by atoms with Crippen molar-refractivity contribution in [1.82, 2.24) is 15.1 Å². The van der Waals surface area contributed by atoms with Crippen molar-refractivity contribution in [1.29, 1.82) is 0 Å². The summed E-state index contributed by atoms with van der Waals surface area (Å²) < 4.78 is 4.90. The largest absolute Gasteiger partial charge is 0.469 e. The zero-order valence-corrected chi connectivity index (χ0v) is 21.0. The summed E-state index contributed by atoms with van der Waals surface area (Å²) in [6.07, 6.45) is 3.00. The van der Waals surface area contributed by atoms with E-state index < -0.39 is 0 Å². The van der Waals surface area contributed by atoms with E-state index in [1.54, 1.807) is 0 Å². The smallest absolute Gasteiger partial charge is 0.308 e. The third-order valence-electron chi connectivity index (χ3n) is 6.00. The van der Waals surface area contributed by atoms with Crippen LogP contribution in [0.4, 0.5) is 0 Å². The highest BCUT2D eigenvalue weighted by molar-refractivity contribution is 14.0. The minimum Gasteiger partial charge on any atom is -0.469 e. The molecule has 2 unspecified atom stereocenters. The Bertz CT molecular complexity index is 509. The second kappa shape index (κ2) is 11.6. The normalized spacial score (nSPS) is 25.2. The van der Waals surface area contributed by atoms with Gasteiger partial charge in [0.2, 0.25) is 0 Å². The van der Waals surface area contributed by atoms with Gasteiger partial charge in [-0.05, 0) is 51.9 Å². The highest BCUT2D eigenvalue weighted by Crippen LogP contribution is 2.27. The summed E-state index contributed by atoms with van der Waals surface area (Å²) in [5, 5.41) is 3.44. The number of carbonyl (C=O) groups is 1. The van der Waals surface area contributed by atoms with Crippen molar-refractivity contribution in [2.24, 2.45) is 22.7 Å². The molecule has 0 aliphatic carbocycles. The van der Waals surface area contributed by atoms with E-state index in [0.717, 1.165) is 69.9 Å². The lowest BCUT2D eigenvalue weighted by atomic mass is 9.88. The van der Waals surface area contributed by atoms with Crippen LogP contribution >= 0.6 is 24.0 Å². The first-order chi connectivity index (χ1) is 12.8. The van der Waals surface area contributed by atoms with Gasteiger partial charge >= 0.3 is 5.97 Å². The minimum atomic E-state index is -0.0777. The van der Waals surface area contributed by atoms with E-state index in [0.29, 0.717) is 0 Å². The van der Waals surface area contributed by atoms with Crippen LogP contribution in [0.25, 0.3) is 0 Å². The summed E-state index contributed by atoms with van der Waals surface area (Å²) in [6.45, 7) is 17.1. The Morgan fingerprint density at radius 3 is 2.25 bits per heavy atom. The van der Waals surface area contributed by atoms with E-state index in [1.807, 2.05) is 0 Å². The fourth-order valence-corrected chi connectivity index (χ4v) is 4.45. The Balaban J connectivity index is 0.00000392. The fraction of sp³-hybridized carbons (Fsp3) is 0.905. The highest BCUT2D eigenvalue weighted by Gasteiger charge is 2.33. The molecule has 0 aromatic rings. The molecule has 6 nitrogen and oxygen atoms in total. The summed E-state index contributed by atoms with van der Waals surface area (Å²) in [5.41, 5.74) is 0.0496. The van der Waals surface area contributed by atoms with E-state index in [2.05, 4.69) is 49.7 Å². The molecule has 2 aliphatic rings. The number of guanidine groups is 1. The van der Waals surface area contributed by atoms with E-state index in [-0.39, 0.29) is 41.4 Å². The molecule has 2 saturated heterocycles. The van der Waals surface area contributed by atoms with Crippen LogP contribution in [0.3, 0.4) is 0 Å². The number of halogens is 1. The summed E-state index contributed by atoms with van der Waals surface area (Å²) >= 11 is 0. The molecule has 0 bridgehead atoms. The molecule has 2 aliphatic heterocycles. The Hall–Kier alpha value is -0.570. The summed E-state index contributed by atoms with van der Waals surface area (Å²) in [6, 6.07) is 0. The predicted molar refractivity (Wildman–Crippen MR) is 126 cm³/mol. The van der Waals surface area contributed by atoms with E-state index in [1.165, 1.54) is 13.5 Å². The van der Waals surface area contributed by atoms with Gasteiger partial charge in [0, 0.05) is 38.3 Å². The van der Waals surface area contributed by atoms with Crippen LogP contribution in [-0.2, 0) is 9.53 Å². The molecule has 0 aromatic carbocycles. The first-order valence-electron chi connectivity index (χ1n) is 10.6. The molecule has 2 atom stereocenters. The second-order valence-electron chi connectivity index (χ2n) is 9.12. The van der Waals surface area contributed by atoms with Crippen LogP contribution < -0.4 is 5.32 Å². The van der Waals surface area contributed by atoms with Crippen molar-refractivity contribution in [3.63, 3.8) is 0 Å². The monoisotopic (exact) mass is 508 g/mol. The lowest BCUT2D eigenvalue weighted by Gasteiger charge is -2.44. The van der Waals surface area contributed by atoms with Gasteiger partial charge in [-0.1, -0.05) is 13.8 Å². The molecule has 0 radical (unpaired) electrons. The number of esters is 1. The maximum Gasteiger partial charge on any atom is 0.308 e. The number of methoxy groups -OCH3 is 1. The Labute approximate surface area is 188 Å².